The third-order valence-electron chi connectivity index (χ3n) is 2.44. The summed E-state index contributed by atoms with van der Waals surface area (Å²) < 4.78 is 2.59. The Morgan fingerprint density at radius 1 is 1.44 bits per heavy atom. The fourth-order valence-electron chi connectivity index (χ4n) is 1.64. The molecule has 3 rings (SSSR count). The van der Waals surface area contributed by atoms with Crippen molar-refractivity contribution < 1.29 is 0 Å². The van der Waals surface area contributed by atoms with E-state index in [2.05, 4.69) is 41.2 Å². The van der Waals surface area contributed by atoms with Crippen LogP contribution in [0.3, 0.4) is 0 Å². The van der Waals surface area contributed by atoms with E-state index in [1.807, 2.05) is 6.07 Å². The molecule has 0 aliphatic heterocycles. The van der Waals surface area contributed by atoms with Crippen LogP contribution in [0, 0.1) is 0 Å². The van der Waals surface area contributed by atoms with E-state index in [0.717, 1.165) is 9.99 Å². The summed E-state index contributed by atoms with van der Waals surface area (Å²) in [4.78, 5) is 11.7. The van der Waals surface area contributed by atoms with Crippen LogP contribution in [0.25, 0.3) is 22.7 Å². The molecule has 0 atom stereocenters. The summed E-state index contributed by atoms with van der Waals surface area (Å²) in [5, 5.41) is 8.01. The first-order valence-corrected chi connectivity index (χ1v) is 6.17. The number of H-pyrrole nitrogens is 1. The minimum atomic E-state index is 0.525. The van der Waals surface area contributed by atoms with Gasteiger partial charge in [0.1, 0.15) is 5.69 Å². The molecular formula is C10H10BrN7. The van der Waals surface area contributed by atoms with Crippen LogP contribution in [0.4, 0.5) is 0 Å². The molecule has 0 aliphatic rings. The SMILES string of the molecule is NCCn1cc(-c2nc3ncc(Br)cc3[nH]2)nn1. The monoisotopic (exact) mass is 307 g/mol. The second kappa shape index (κ2) is 4.46. The van der Waals surface area contributed by atoms with E-state index in [-0.39, 0.29) is 0 Å². The molecule has 92 valence electrons. The van der Waals surface area contributed by atoms with Crippen molar-refractivity contribution in [3.63, 3.8) is 0 Å². The van der Waals surface area contributed by atoms with Crippen molar-refractivity contribution in [1.82, 2.24) is 29.9 Å². The number of nitrogens with two attached hydrogens (primary N) is 1. The first-order chi connectivity index (χ1) is 8.76. The van der Waals surface area contributed by atoms with Gasteiger partial charge in [-0.1, -0.05) is 5.21 Å². The maximum atomic E-state index is 5.46. The van der Waals surface area contributed by atoms with E-state index < -0.39 is 0 Å². The summed E-state index contributed by atoms with van der Waals surface area (Å²) in [7, 11) is 0. The first kappa shape index (κ1) is 11.3. The van der Waals surface area contributed by atoms with Crippen LogP contribution in [0.2, 0.25) is 0 Å². The molecule has 8 heteroatoms. The number of aromatic nitrogens is 6. The van der Waals surface area contributed by atoms with E-state index in [9.17, 15) is 0 Å². The molecule has 0 aromatic carbocycles. The number of halogens is 1. The minimum Gasteiger partial charge on any atom is -0.335 e. The highest BCUT2D eigenvalue weighted by molar-refractivity contribution is 9.10. The molecule has 7 nitrogen and oxygen atoms in total. The highest BCUT2D eigenvalue weighted by Gasteiger charge is 2.10. The van der Waals surface area contributed by atoms with Gasteiger partial charge in [-0.2, -0.15) is 0 Å². The molecule has 0 saturated carbocycles. The molecule has 0 fully saturated rings. The van der Waals surface area contributed by atoms with Crippen LogP contribution >= 0.6 is 15.9 Å². The molecule has 18 heavy (non-hydrogen) atoms. The predicted molar refractivity (Wildman–Crippen MR) is 69.7 cm³/mol. The molecule has 0 unspecified atom stereocenters. The number of fused-ring (bicyclic) bond motifs is 1. The van der Waals surface area contributed by atoms with Crippen molar-refractivity contribution in [2.45, 2.75) is 6.54 Å². The summed E-state index contributed by atoms with van der Waals surface area (Å²) in [6, 6.07) is 1.92. The van der Waals surface area contributed by atoms with Crippen molar-refractivity contribution in [2.75, 3.05) is 6.54 Å². The van der Waals surface area contributed by atoms with Crippen molar-refractivity contribution in [3.05, 3.63) is 22.9 Å². The molecule has 3 aromatic heterocycles. The number of nitrogens with zero attached hydrogens (tertiary/aromatic N) is 5. The van der Waals surface area contributed by atoms with Gasteiger partial charge in [-0.3, -0.25) is 4.68 Å². The lowest BCUT2D eigenvalue weighted by Gasteiger charge is -1.92. The number of hydrogen-bond donors (Lipinski definition) is 2. The molecule has 3 N–H and O–H groups in total. The molecule has 0 amide bonds. The molecule has 0 bridgehead atoms. The molecule has 0 aliphatic carbocycles. The number of imidazole rings is 1. The average Bonchev–Trinajstić information content (AvgIpc) is 2.94. The average molecular weight is 308 g/mol. The Morgan fingerprint density at radius 3 is 3.17 bits per heavy atom. The lowest BCUT2D eigenvalue weighted by Crippen LogP contribution is -2.10. The maximum absolute atomic E-state index is 5.46. The van der Waals surface area contributed by atoms with E-state index >= 15 is 0 Å². The second-order valence-electron chi connectivity index (χ2n) is 3.77. The van der Waals surface area contributed by atoms with Crippen LogP contribution in [0.5, 0.6) is 0 Å². The Kier molecular flexibility index (Phi) is 2.80. The first-order valence-electron chi connectivity index (χ1n) is 5.38. The number of pyridine rings is 1. The minimum absolute atomic E-state index is 0.525. The largest absolute Gasteiger partial charge is 0.335 e. The number of rotatable bonds is 3. The summed E-state index contributed by atoms with van der Waals surface area (Å²) in [5.41, 5.74) is 7.65. The van der Waals surface area contributed by atoms with Gasteiger partial charge in [-0.25, -0.2) is 9.97 Å². The third-order valence-corrected chi connectivity index (χ3v) is 2.88. The highest BCUT2D eigenvalue weighted by atomic mass is 79.9. The Morgan fingerprint density at radius 2 is 2.33 bits per heavy atom. The number of aromatic amines is 1. The molecule has 3 aromatic rings. The fourth-order valence-corrected chi connectivity index (χ4v) is 1.98. The van der Waals surface area contributed by atoms with E-state index in [0.29, 0.717) is 30.3 Å². The lowest BCUT2D eigenvalue weighted by molar-refractivity contribution is 0.598. The second-order valence-corrected chi connectivity index (χ2v) is 4.68. The van der Waals surface area contributed by atoms with Crippen molar-refractivity contribution >= 4 is 27.1 Å². The summed E-state index contributed by atoms with van der Waals surface area (Å²) >= 11 is 3.37. The zero-order chi connectivity index (χ0) is 12.5. The van der Waals surface area contributed by atoms with Gasteiger partial charge in [-0.05, 0) is 22.0 Å². The normalized spacial score (nSPS) is 11.2. The fraction of sp³-hybridized carbons (Fsp3) is 0.200. The Balaban J connectivity index is 2.02. The quantitative estimate of drug-likeness (QED) is 0.750. The van der Waals surface area contributed by atoms with Crippen LogP contribution in [0.1, 0.15) is 0 Å². The van der Waals surface area contributed by atoms with Crippen molar-refractivity contribution in [3.8, 4) is 11.5 Å². The van der Waals surface area contributed by atoms with Gasteiger partial charge < -0.3 is 10.7 Å². The number of hydrogen-bond acceptors (Lipinski definition) is 5. The summed E-state index contributed by atoms with van der Waals surface area (Å²) in [5.74, 6) is 0.652. The van der Waals surface area contributed by atoms with Crippen LogP contribution in [0.15, 0.2) is 22.9 Å². The van der Waals surface area contributed by atoms with Gasteiger partial charge in [0, 0.05) is 17.2 Å². The van der Waals surface area contributed by atoms with Gasteiger partial charge in [0.05, 0.1) is 18.3 Å². The van der Waals surface area contributed by atoms with Gasteiger partial charge in [0.25, 0.3) is 0 Å². The smallest absolute Gasteiger partial charge is 0.178 e. The summed E-state index contributed by atoms with van der Waals surface area (Å²) in [6.07, 6.45) is 3.51. The molecule has 0 radical (unpaired) electrons. The van der Waals surface area contributed by atoms with Gasteiger partial charge in [-0.15, -0.1) is 5.10 Å². The van der Waals surface area contributed by atoms with Crippen LogP contribution in [-0.4, -0.2) is 36.5 Å². The zero-order valence-corrected chi connectivity index (χ0v) is 10.9. The Hall–Kier alpha value is -1.80. The predicted octanol–water partition coefficient (Wildman–Crippen LogP) is 0.938. The van der Waals surface area contributed by atoms with Crippen molar-refractivity contribution in [1.29, 1.82) is 0 Å². The Bertz CT molecular complexity index is 686. The standard InChI is InChI=1S/C10H10BrN7/c11-6-3-7-9(13-4-6)15-10(14-7)8-5-18(2-1-12)17-16-8/h3-5H,1-2,12H2,(H,13,14,15). The molecule has 3 heterocycles. The van der Waals surface area contributed by atoms with E-state index in [4.69, 9.17) is 5.73 Å². The highest BCUT2D eigenvalue weighted by Crippen LogP contribution is 2.19. The van der Waals surface area contributed by atoms with Gasteiger partial charge >= 0.3 is 0 Å². The maximum Gasteiger partial charge on any atom is 0.178 e. The topological polar surface area (TPSA) is 98.3 Å². The number of nitrogens with one attached hydrogen (secondary N) is 1. The van der Waals surface area contributed by atoms with Crippen molar-refractivity contribution in [2.24, 2.45) is 5.73 Å². The van der Waals surface area contributed by atoms with Gasteiger partial charge in [0.15, 0.2) is 11.5 Å². The molecule has 0 spiro atoms. The lowest BCUT2D eigenvalue weighted by atomic mass is 10.4. The van der Waals surface area contributed by atoms with Crippen LogP contribution < -0.4 is 5.73 Å². The Labute approximate surface area is 111 Å². The van der Waals surface area contributed by atoms with Crippen LogP contribution in [-0.2, 0) is 6.54 Å². The zero-order valence-electron chi connectivity index (χ0n) is 9.34. The summed E-state index contributed by atoms with van der Waals surface area (Å²) in [6.45, 7) is 1.16. The van der Waals surface area contributed by atoms with Gasteiger partial charge in [0.2, 0.25) is 0 Å². The van der Waals surface area contributed by atoms with E-state index in [1.165, 1.54) is 0 Å². The van der Waals surface area contributed by atoms with E-state index in [1.54, 1.807) is 17.1 Å². The third kappa shape index (κ3) is 2.00. The molecular weight excluding hydrogens is 298 g/mol. The molecule has 0 saturated heterocycles.